The first kappa shape index (κ1) is 9.18. The summed E-state index contributed by atoms with van der Waals surface area (Å²) in [5, 5.41) is 8.60. The van der Waals surface area contributed by atoms with Crippen molar-refractivity contribution in [2.45, 2.75) is 20.3 Å². The maximum atomic E-state index is 8.60. The van der Waals surface area contributed by atoms with Crippen molar-refractivity contribution in [3.8, 4) is 0 Å². The fourth-order valence-electron chi connectivity index (χ4n) is 0.467. The standard InChI is InChI=1S/C7H16OS/c1-7(2)4-5-9(3)6-8/h7-8H,3-6H2,1-2H3. The van der Waals surface area contributed by atoms with Crippen LogP contribution in [0.25, 0.3) is 0 Å². The number of hydrogen-bond donors (Lipinski definition) is 1. The molecule has 0 aliphatic rings. The van der Waals surface area contributed by atoms with E-state index in [9.17, 15) is 0 Å². The van der Waals surface area contributed by atoms with Crippen molar-refractivity contribution < 1.29 is 5.11 Å². The van der Waals surface area contributed by atoms with E-state index in [2.05, 4.69) is 19.7 Å². The second-order valence-corrected chi connectivity index (χ2v) is 4.52. The van der Waals surface area contributed by atoms with Crippen LogP contribution in [0, 0.1) is 5.92 Å². The van der Waals surface area contributed by atoms with Crippen molar-refractivity contribution >= 4 is 16.4 Å². The number of rotatable bonds is 4. The van der Waals surface area contributed by atoms with E-state index in [1.165, 1.54) is 6.42 Å². The van der Waals surface area contributed by atoms with E-state index in [-0.39, 0.29) is 16.4 Å². The van der Waals surface area contributed by atoms with Crippen molar-refractivity contribution in [3.05, 3.63) is 0 Å². The summed E-state index contributed by atoms with van der Waals surface area (Å²) in [5.74, 6) is 5.88. The summed E-state index contributed by atoms with van der Waals surface area (Å²) in [6.45, 7) is 4.38. The zero-order valence-electron chi connectivity index (χ0n) is 6.26. The van der Waals surface area contributed by atoms with Gasteiger partial charge >= 0.3 is 0 Å². The molecule has 0 fully saturated rings. The Morgan fingerprint density at radius 2 is 2.11 bits per heavy atom. The molecule has 0 rings (SSSR count). The fourth-order valence-corrected chi connectivity index (χ4v) is 1.40. The lowest BCUT2D eigenvalue weighted by atomic mass is 10.2. The molecule has 0 aromatic carbocycles. The Kier molecular flexibility index (Phi) is 5.10. The Morgan fingerprint density at radius 1 is 1.56 bits per heavy atom. The summed E-state index contributed by atoms with van der Waals surface area (Å²) in [6.07, 6.45) is 1.19. The van der Waals surface area contributed by atoms with Crippen LogP contribution in [0.2, 0.25) is 0 Å². The Bertz CT molecular complexity index is 88.9. The zero-order chi connectivity index (χ0) is 7.28. The quantitative estimate of drug-likeness (QED) is 0.601. The van der Waals surface area contributed by atoms with Gasteiger partial charge < -0.3 is 5.11 Å². The van der Waals surface area contributed by atoms with Gasteiger partial charge in [0.05, 0.1) is 5.94 Å². The lowest BCUT2D eigenvalue weighted by Crippen LogP contribution is -1.92. The minimum Gasteiger partial charge on any atom is -0.386 e. The van der Waals surface area contributed by atoms with Gasteiger partial charge in [-0.15, -0.1) is 0 Å². The molecule has 0 heterocycles. The molecule has 1 unspecified atom stereocenters. The Hall–Kier alpha value is 0.180. The molecule has 0 aromatic rings. The van der Waals surface area contributed by atoms with Crippen molar-refractivity contribution in [3.63, 3.8) is 0 Å². The molecule has 1 nitrogen and oxygen atoms in total. The highest BCUT2D eigenvalue weighted by Crippen LogP contribution is 2.12. The van der Waals surface area contributed by atoms with Gasteiger partial charge in [0, 0.05) is 0 Å². The largest absolute Gasteiger partial charge is 0.386 e. The first-order valence-corrected chi connectivity index (χ1v) is 4.98. The van der Waals surface area contributed by atoms with E-state index in [1.54, 1.807) is 0 Å². The van der Waals surface area contributed by atoms with Crippen LogP contribution in [0.1, 0.15) is 20.3 Å². The molecule has 0 spiro atoms. The predicted octanol–water partition coefficient (Wildman–Crippen LogP) is 1.68. The lowest BCUT2D eigenvalue weighted by Gasteiger charge is -2.04. The molecular formula is C7H16OS. The summed E-state index contributed by atoms with van der Waals surface area (Å²) in [4.78, 5) is 0. The Labute approximate surface area is 60.0 Å². The van der Waals surface area contributed by atoms with Gasteiger partial charge in [0.1, 0.15) is 0 Å². The highest BCUT2D eigenvalue weighted by Gasteiger charge is 1.93. The van der Waals surface area contributed by atoms with Gasteiger partial charge in [-0.05, 0) is 18.1 Å². The molecule has 56 valence electrons. The molecule has 0 aliphatic heterocycles. The summed E-state index contributed by atoms with van der Waals surface area (Å²) >= 11 is 0. The van der Waals surface area contributed by atoms with Gasteiger partial charge in [-0.2, -0.15) is 10.5 Å². The van der Waals surface area contributed by atoms with Gasteiger partial charge in [0.2, 0.25) is 0 Å². The van der Waals surface area contributed by atoms with Gasteiger partial charge in [0.15, 0.2) is 0 Å². The molecule has 0 aliphatic carbocycles. The van der Waals surface area contributed by atoms with Crippen molar-refractivity contribution in [2.24, 2.45) is 5.92 Å². The fraction of sp³-hybridized carbons (Fsp3) is 0.857. The second kappa shape index (κ2) is 5.00. The maximum absolute atomic E-state index is 8.60. The summed E-state index contributed by atoms with van der Waals surface area (Å²) in [5.41, 5.74) is 0. The van der Waals surface area contributed by atoms with E-state index in [0.717, 1.165) is 11.7 Å². The minimum atomic E-state index is 0.00799. The SMILES string of the molecule is C=S(CO)CCC(C)C. The monoisotopic (exact) mass is 148 g/mol. The molecule has 9 heavy (non-hydrogen) atoms. The highest BCUT2D eigenvalue weighted by molar-refractivity contribution is 8.13. The van der Waals surface area contributed by atoms with Crippen molar-refractivity contribution in [1.29, 1.82) is 0 Å². The average molecular weight is 148 g/mol. The van der Waals surface area contributed by atoms with Crippen LogP contribution in [0.15, 0.2) is 0 Å². The predicted molar refractivity (Wildman–Crippen MR) is 46.1 cm³/mol. The number of hydrogen-bond acceptors (Lipinski definition) is 1. The smallest absolute Gasteiger partial charge is 0.0833 e. The van der Waals surface area contributed by atoms with Crippen LogP contribution in [-0.2, 0) is 0 Å². The van der Waals surface area contributed by atoms with Crippen LogP contribution in [0.5, 0.6) is 0 Å². The topological polar surface area (TPSA) is 20.2 Å². The first-order valence-electron chi connectivity index (χ1n) is 3.25. The molecule has 1 atom stereocenters. The van der Waals surface area contributed by atoms with Crippen molar-refractivity contribution in [1.82, 2.24) is 0 Å². The van der Waals surface area contributed by atoms with E-state index in [1.807, 2.05) is 0 Å². The van der Waals surface area contributed by atoms with Crippen LogP contribution >= 0.6 is 10.5 Å². The summed E-state index contributed by atoms with van der Waals surface area (Å²) in [7, 11) is 0.00799. The normalized spacial score (nSPS) is 14.2. The van der Waals surface area contributed by atoms with Crippen LogP contribution in [0.4, 0.5) is 0 Å². The van der Waals surface area contributed by atoms with E-state index >= 15 is 0 Å². The van der Waals surface area contributed by atoms with E-state index in [4.69, 9.17) is 5.11 Å². The Morgan fingerprint density at radius 3 is 2.44 bits per heavy atom. The molecule has 0 saturated carbocycles. The molecule has 2 heteroatoms. The first-order chi connectivity index (χ1) is 4.16. The summed E-state index contributed by atoms with van der Waals surface area (Å²) in [6, 6.07) is 0. The third-order valence-electron chi connectivity index (χ3n) is 1.17. The maximum Gasteiger partial charge on any atom is 0.0833 e. The van der Waals surface area contributed by atoms with Crippen LogP contribution in [0.3, 0.4) is 0 Å². The Balaban J connectivity index is 3.17. The molecule has 1 N–H and O–H groups in total. The molecule has 0 bridgehead atoms. The van der Waals surface area contributed by atoms with Crippen LogP contribution < -0.4 is 0 Å². The zero-order valence-corrected chi connectivity index (χ0v) is 7.08. The van der Waals surface area contributed by atoms with E-state index in [0.29, 0.717) is 0 Å². The number of aliphatic hydroxyl groups is 1. The highest BCUT2D eigenvalue weighted by atomic mass is 32.2. The third kappa shape index (κ3) is 6.06. The summed E-state index contributed by atoms with van der Waals surface area (Å²) < 4.78 is 0. The van der Waals surface area contributed by atoms with Crippen molar-refractivity contribution in [2.75, 3.05) is 11.7 Å². The molecule has 0 radical (unpaired) electrons. The molecular weight excluding hydrogens is 132 g/mol. The average Bonchev–Trinajstić information content (AvgIpc) is 1.83. The molecule has 0 saturated heterocycles. The second-order valence-electron chi connectivity index (χ2n) is 2.63. The lowest BCUT2D eigenvalue weighted by molar-refractivity contribution is 0.374. The van der Waals surface area contributed by atoms with E-state index < -0.39 is 0 Å². The minimum absolute atomic E-state index is 0.00799. The van der Waals surface area contributed by atoms with Gasteiger partial charge in [-0.25, -0.2) is 0 Å². The van der Waals surface area contributed by atoms with Gasteiger partial charge in [-0.1, -0.05) is 19.7 Å². The third-order valence-corrected chi connectivity index (χ3v) is 2.34. The van der Waals surface area contributed by atoms with Gasteiger partial charge in [-0.3, -0.25) is 0 Å². The molecule has 0 amide bonds. The number of aliphatic hydroxyl groups excluding tert-OH is 1. The van der Waals surface area contributed by atoms with Gasteiger partial charge in [0.25, 0.3) is 0 Å². The molecule has 0 aromatic heterocycles. The van der Waals surface area contributed by atoms with Crippen LogP contribution in [-0.4, -0.2) is 22.7 Å².